The lowest BCUT2D eigenvalue weighted by molar-refractivity contribution is -0.130. The van der Waals surface area contributed by atoms with Crippen molar-refractivity contribution in [2.75, 3.05) is 31.5 Å². The lowest BCUT2D eigenvalue weighted by atomic mass is 10.2. The van der Waals surface area contributed by atoms with Crippen LogP contribution >= 0.6 is 0 Å². The highest BCUT2D eigenvalue weighted by atomic mass is 16.2. The minimum absolute atomic E-state index is 0.0320. The van der Waals surface area contributed by atoms with Crippen LogP contribution in [0.4, 0.5) is 11.4 Å². The van der Waals surface area contributed by atoms with Crippen molar-refractivity contribution in [2.24, 2.45) is 0 Å². The van der Waals surface area contributed by atoms with Crippen LogP contribution in [0.2, 0.25) is 0 Å². The molecule has 1 aliphatic rings. The molecule has 2 heterocycles. The molecule has 1 N–H and O–H groups in total. The van der Waals surface area contributed by atoms with Crippen LogP contribution in [0.1, 0.15) is 22.8 Å². The monoisotopic (exact) mass is 349 g/mol. The highest BCUT2D eigenvalue weighted by Crippen LogP contribution is 2.19. The van der Waals surface area contributed by atoms with Crippen LogP contribution in [0.3, 0.4) is 0 Å². The second-order valence-electron chi connectivity index (χ2n) is 6.08. The minimum Gasteiger partial charge on any atom is -0.354 e. The summed E-state index contributed by atoms with van der Waals surface area (Å²) in [4.78, 5) is 31.7. The number of rotatable bonds is 3. The zero-order valence-electron chi connectivity index (χ0n) is 14.5. The van der Waals surface area contributed by atoms with E-state index in [2.05, 4.69) is 16.4 Å². The standard InChI is InChI=1S/C19H19N5O2/c1-14(25)23-5-7-24(8-6-23)19(26)16-10-18(13-21-12-16)22-17-4-2-3-15(9-17)11-20/h2-4,9-10,12-13,22H,5-8H2,1H3. The first-order valence-electron chi connectivity index (χ1n) is 8.34. The predicted molar refractivity (Wildman–Crippen MR) is 96.8 cm³/mol. The number of piperazine rings is 1. The molecule has 0 bridgehead atoms. The summed E-state index contributed by atoms with van der Waals surface area (Å²) < 4.78 is 0. The van der Waals surface area contributed by atoms with Gasteiger partial charge in [0.1, 0.15) is 0 Å². The van der Waals surface area contributed by atoms with Crippen LogP contribution < -0.4 is 5.32 Å². The van der Waals surface area contributed by atoms with Gasteiger partial charge < -0.3 is 15.1 Å². The summed E-state index contributed by atoms with van der Waals surface area (Å²) in [6, 6.07) is 10.9. The molecule has 0 saturated carbocycles. The largest absolute Gasteiger partial charge is 0.354 e. The molecule has 0 radical (unpaired) electrons. The molecule has 1 aromatic carbocycles. The minimum atomic E-state index is -0.102. The molecule has 1 aromatic heterocycles. The number of amides is 2. The third-order valence-corrected chi connectivity index (χ3v) is 4.28. The first-order chi connectivity index (χ1) is 12.6. The van der Waals surface area contributed by atoms with Gasteiger partial charge in [0.05, 0.1) is 29.1 Å². The van der Waals surface area contributed by atoms with Crippen molar-refractivity contribution in [1.29, 1.82) is 5.26 Å². The molecule has 3 rings (SSSR count). The van der Waals surface area contributed by atoms with Crippen LogP contribution in [0.15, 0.2) is 42.7 Å². The van der Waals surface area contributed by atoms with E-state index in [4.69, 9.17) is 5.26 Å². The molecule has 2 aromatic rings. The summed E-state index contributed by atoms with van der Waals surface area (Å²) in [5.41, 5.74) is 2.47. The maximum atomic E-state index is 12.7. The van der Waals surface area contributed by atoms with Crippen molar-refractivity contribution in [1.82, 2.24) is 14.8 Å². The number of anilines is 2. The third-order valence-electron chi connectivity index (χ3n) is 4.28. The van der Waals surface area contributed by atoms with Crippen molar-refractivity contribution in [3.8, 4) is 6.07 Å². The number of nitriles is 1. The molecule has 0 spiro atoms. The molecule has 0 unspecified atom stereocenters. The smallest absolute Gasteiger partial charge is 0.255 e. The first kappa shape index (κ1) is 17.4. The van der Waals surface area contributed by atoms with Gasteiger partial charge in [-0.2, -0.15) is 5.26 Å². The molecule has 26 heavy (non-hydrogen) atoms. The van der Waals surface area contributed by atoms with E-state index in [0.717, 1.165) is 5.69 Å². The zero-order chi connectivity index (χ0) is 18.5. The summed E-state index contributed by atoms with van der Waals surface area (Å²) >= 11 is 0. The van der Waals surface area contributed by atoms with E-state index in [1.807, 2.05) is 6.07 Å². The molecule has 0 aliphatic carbocycles. The number of hydrogen-bond donors (Lipinski definition) is 1. The normalized spacial score (nSPS) is 13.8. The van der Waals surface area contributed by atoms with E-state index in [9.17, 15) is 9.59 Å². The molecule has 1 fully saturated rings. The number of carbonyl (C=O) groups excluding carboxylic acids is 2. The summed E-state index contributed by atoms with van der Waals surface area (Å²) in [6.07, 6.45) is 3.17. The fourth-order valence-corrected chi connectivity index (χ4v) is 2.87. The lowest BCUT2D eigenvalue weighted by Crippen LogP contribution is -2.50. The van der Waals surface area contributed by atoms with Crippen LogP contribution in [0, 0.1) is 11.3 Å². The summed E-state index contributed by atoms with van der Waals surface area (Å²) in [7, 11) is 0. The van der Waals surface area contributed by atoms with E-state index in [-0.39, 0.29) is 11.8 Å². The Morgan fingerprint density at radius 2 is 1.81 bits per heavy atom. The second kappa shape index (κ2) is 7.66. The van der Waals surface area contributed by atoms with E-state index >= 15 is 0 Å². The Labute approximate surface area is 151 Å². The van der Waals surface area contributed by atoms with Crippen LogP contribution in [0.25, 0.3) is 0 Å². The Kier molecular flexibility index (Phi) is 5.13. The van der Waals surface area contributed by atoms with Gasteiger partial charge in [0, 0.05) is 45.0 Å². The molecule has 7 heteroatoms. The SMILES string of the molecule is CC(=O)N1CCN(C(=O)c2cncc(Nc3cccc(C#N)c3)c2)CC1. The van der Waals surface area contributed by atoms with Gasteiger partial charge in [0.2, 0.25) is 5.91 Å². The number of hydrogen-bond acceptors (Lipinski definition) is 5. The van der Waals surface area contributed by atoms with Crippen LogP contribution in [0.5, 0.6) is 0 Å². The van der Waals surface area contributed by atoms with Crippen molar-refractivity contribution in [2.45, 2.75) is 6.92 Å². The zero-order valence-corrected chi connectivity index (χ0v) is 14.5. The maximum absolute atomic E-state index is 12.7. The number of benzene rings is 1. The molecule has 0 atom stereocenters. The fraction of sp³-hybridized carbons (Fsp3) is 0.263. The van der Waals surface area contributed by atoms with E-state index in [1.165, 1.54) is 13.1 Å². The molecule has 7 nitrogen and oxygen atoms in total. The van der Waals surface area contributed by atoms with E-state index in [1.54, 1.807) is 40.3 Å². The van der Waals surface area contributed by atoms with Crippen molar-refractivity contribution in [3.63, 3.8) is 0 Å². The molecule has 1 aliphatic heterocycles. The van der Waals surface area contributed by atoms with Crippen molar-refractivity contribution >= 4 is 23.2 Å². The van der Waals surface area contributed by atoms with E-state index < -0.39 is 0 Å². The summed E-state index contributed by atoms with van der Waals surface area (Å²) in [5.74, 6) is -0.0697. The topological polar surface area (TPSA) is 89.3 Å². The van der Waals surface area contributed by atoms with Gasteiger partial charge >= 0.3 is 0 Å². The van der Waals surface area contributed by atoms with Gasteiger partial charge in [0.15, 0.2) is 0 Å². The molecule has 1 saturated heterocycles. The van der Waals surface area contributed by atoms with Crippen LogP contribution in [-0.2, 0) is 4.79 Å². The maximum Gasteiger partial charge on any atom is 0.255 e. The third kappa shape index (κ3) is 3.98. The van der Waals surface area contributed by atoms with Crippen molar-refractivity contribution in [3.05, 3.63) is 53.9 Å². The quantitative estimate of drug-likeness (QED) is 0.915. The molecule has 132 valence electrons. The lowest BCUT2D eigenvalue weighted by Gasteiger charge is -2.34. The highest BCUT2D eigenvalue weighted by Gasteiger charge is 2.23. The number of pyridine rings is 1. The Bertz CT molecular complexity index is 866. The van der Waals surface area contributed by atoms with Gasteiger partial charge in [-0.25, -0.2) is 0 Å². The highest BCUT2D eigenvalue weighted by molar-refractivity contribution is 5.95. The van der Waals surface area contributed by atoms with Crippen LogP contribution in [-0.4, -0.2) is 52.8 Å². The van der Waals surface area contributed by atoms with E-state index in [0.29, 0.717) is 43.0 Å². The fourth-order valence-electron chi connectivity index (χ4n) is 2.87. The van der Waals surface area contributed by atoms with Gasteiger partial charge in [-0.3, -0.25) is 14.6 Å². The van der Waals surface area contributed by atoms with Crippen molar-refractivity contribution < 1.29 is 9.59 Å². The van der Waals surface area contributed by atoms with Gasteiger partial charge in [0.25, 0.3) is 5.91 Å². The molecule has 2 amide bonds. The summed E-state index contributed by atoms with van der Waals surface area (Å²) in [5, 5.41) is 12.1. The number of aromatic nitrogens is 1. The van der Waals surface area contributed by atoms with Gasteiger partial charge in [-0.1, -0.05) is 6.07 Å². The Morgan fingerprint density at radius 3 is 2.50 bits per heavy atom. The average molecular weight is 349 g/mol. The Morgan fingerprint density at radius 1 is 1.08 bits per heavy atom. The average Bonchev–Trinajstić information content (AvgIpc) is 2.68. The van der Waals surface area contributed by atoms with Gasteiger partial charge in [-0.15, -0.1) is 0 Å². The Hall–Kier alpha value is -3.40. The summed E-state index contributed by atoms with van der Waals surface area (Å²) in [6.45, 7) is 3.67. The molecular weight excluding hydrogens is 330 g/mol. The Balaban J connectivity index is 1.70. The number of nitrogens with zero attached hydrogens (tertiary/aromatic N) is 4. The van der Waals surface area contributed by atoms with Gasteiger partial charge in [-0.05, 0) is 24.3 Å². The predicted octanol–water partition coefficient (Wildman–Crippen LogP) is 2.00. The first-order valence-corrected chi connectivity index (χ1v) is 8.34. The number of nitrogens with one attached hydrogen (secondary N) is 1. The number of carbonyl (C=O) groups is 2. The molecular formula is C19H19N5O2. The second-order valence-corrected chi connectivity index (χ2v) is 6.08.